The van der Waals surface area contributed by atoms with Crippen molar-refractivity contribution < 1.29 is 50.0 Å². The van der Waals surface area contributed by atoms with Gasteiger partial charge in [0.1, 0.15) is 36.6 Å². The van der Waals surface area contributed by atoms with E-state index in [1.807, 2.05) is 0 Å². The van der Waals surface area contributed by atoms with Crippen molar-refractivity contribution in [1.29, 1.82) is 0 Å². The summed E-state index contributed by atoms with van der Waals surface area (Å²) >= 11 is 0. The highest BCUT2D eigenvalue weighted by atomic mass is 16.7. The first-order valence-electron chi connectivity index (χ1n) is 28.7. The first-order chi connectivity index (χ1) is 33.2. The molecule has 0 saturated carbocycles. The Morgan fingerprint density at radius 2 is 0.868 bits per heavy atom. The number of unbranched alkanes of at least 4 members (excludes halogenated alkanes) is 33. The lowest BCUT2D eigenvalue weighted by Gasteiger charge is -2.40. The van der Waals surface area contributed by atoms with Crippen LogP contribution in [0.3, 0.4) is 0 Å². The van der Waals surface area contributed by atoms with Gasteiger partial charge in [0, 0.05) is 0 Å². The Kier molecular flexibility index (Phi) is 44.3. The molecule has 68 heavy (non-hydrogen) atoms. The van der Waals surface area contributed by atoms with Gasteiger partial charge in [-0.2, -0.15) is 0 Å². The molecule has 1 aliphatic rings. The fraction of sp³-hybridized carbons (Fsp3) is 0.912. The number of aliphatic hydroxyl groups excluding tert-OH is 7. The average Bonchev–Trinajstić information content (AvgIpc) is 3.34. The second-order valence-electron chi connectivity index (χ2n) is 20.4. The monoisotopic (exact) mass is 968 g/mol. The molecule has 1 fully saturated rings. The first-order valence-corrected chi connectivity index (χ1v) is 28.7. The molecule has 0 aromatic carbocycles. The molecule has 9 atom stereocenters. The van der Waals surface area contributed by atoms with Crippen molar-refractivity contribution in [2.45, 2.75) is 319 Å². The molecule has 0 aromatic rings. The Bertz CT molecular complexity index is 1160. The van der Waals surface area contributed by atoms with Crippen LogP contribution >= 0.6 is 0 Å². The maximum atomic E-state index is 13.2. The Morgan fingerprint density at radius 1 is 0.500 bits per heavy atom. The normalized spacial score (nSPS) is 20.6. The summed E-state index contributed by atoms with van der Waals surface area (Å²) in [5.41, 5.74) is 0. The number of carbonyl (C=O) groups is 1. The zero-order chi connectivity index (χ0) is 49.7. The lowest BCUT2D eigenvalue weighted by atomic mass is 9.98. The minimum Gasteiger partial charge on any atom is -0.394 e. The second kappa shape index (κ2) is 46.6. The maximum Gasteiger partial charge on any atom is 0.249 e. The standard InChI is InChI=1S/C57H109NO10/c1-3-5-7-9-11-13-15-17-19-21-23-25-27-29-31-33-35-37-39-41-43-45-50(61)56(66)58-48(47-67-57-55(65)54(64)53(63)51(46-59)68-57)52(62)49(60)44-42-40-38-36-34-32-30-28-26-24-22-20-18-16-14-12-10-8-6-4-2/h27,29,36,38,48-55,57,59-65H,3-26,28,30-35,37,39-47H2,1-2H3,(H,58,66)/b29-27-,38-36+. The van der Waals surface area contributed by atoms with Crippen molar-refractivity contribution in [1.82, 2.24) is 5.32 Å². The molecule has 0 bridgehead atoms. The molecule has 1 aliphatic heterocycles. The van der Waals surface area contributed by atoms with Crippen molar-refractivity contribution in [3.8, 4) is 0 Å². The van der Waals surface area contributed by atoms with E-state index in [-0.39, 0.29) is 12.8 Å². The lowest BCUT2D eigenvalue weighted by molar-refractivity contribution is -0.303. The molecule has 8 N–H and O–H groups in total. The summed E-state index contributed by atoms with van der Waals surface area (Å²) in [5, 5.41) is 76.1. The van der Waals surface area contributed by atoms with Gasteiger partial charge in [-0.25, -0.2) is 0 Å². The van der Waals surface area contributed by atoms with Gasteiger partial charge in [-0.15, -0.1) is 0 Å². The molecule has 11 nitrogen and oxygen atoms in total. The second-order valence-corrected chi connectivity index (χ2v) is 20.4. The van der Waals surface area contributed by atoms with E-state index < -0.39 is 74.2 Å². The van der Waals surface area contributed by atoms with Gasteiger partial charge in [0.15, 0.2) is 6.29 Å². The van der Waals surface area contributed by atoms with Gasteiger partial charge >= 0.3 is 0 Å². The minimum absolute atomic E-state index is 0.248. The Hall–Kier alpha value is -1.41. The van der Waals surface area contributed by atoms with Gasteiger partial charge in [-0.3, -0.25) is 4.79 Å². The summed E-state index contributed by atoms with van der Waals surface area (Å²) in [6.07, 6.45) is 43.7. The van der Waals surface area contributed by atoms with Gasteiger partial charge in [0.25, 0.3) is 0 Å². The van der Waals surface area contributed by atoms with Crippen molar-refractivity contribution in [3.05, 3.63) is 24.3 Å². The van der Waals surface area contributed by atoms with Crippen LogP contribution in [0, 0.1) is 0 Å². The maximum absolute atomic E-state index is 13.2. The van der Waals surface area contributed by atoms with E-state index in [9.17, 15) is 40.5 Å². The molecule has 1 heterocycles. The number of aliphatic hydroxyl groups is 7. The van der Waals surface area contributed by atoms with E-state index in [1.54, 1.807) is 0 Å². The van der Waals surface area contributed by atoms with Crippen LogP contribution in [0.15, 0.2) is 24.3 Å². The molecular formula is C57H109NO10. The molecule has 1 amide bonds. The molecule has 402 valence electrons. The quantitative estimate of drug-likeness (QED) is 0.0215. The van der Waals surface area contributed by atoms with Crippen molar-refractivity contribution in [3.63, 3.8) is 0 Å². The van der Waals surface area contributed by atoms with Crippen LogP contribution in [0.25, 0.3) is 0 Å². The molecule has 0 spiro atoms. The molecule has 1 saturated heterocycles. The fourth-order valence-corrected chi connectivity index (χ4v) is 9.26. The van der Waals surface area contributed by atoms with Gasteiger partial charge < -0.3 is 50.5 Å². The number of hydrogen-bond acceptors (Lipinski definition) is 10. The smallest absolute Gasteiger partial charge is 0.249 e. The van der Waals surface area contributed by atoms with E-state index in [1.165, 1.54) is 167 Å². The van der Waals surface area contributed by atoms with Gasteiger partial charge in [0.2, 0.25) is 5.91 Å². The van der Waals surface area contributed by atoms with Crippen LogP contribution in [0.4, 0.5) is 0 Å². The van der Waals surface area contributed by atoms with Crippen molar-refractivity contribution in [2.24, 2.45) is 0 Å². The SMILES string of the molecule is CCCCCCCCCCCCC/C=C\CCCCCCCCC(O)C(=O)NC(COC1OC(CO)C(O)C(O)C1O)C(O)C(O)CCC/C=C/CCCCCCCCCCCCCCCCC. The molecule has 9 unspecified atom stereocenters. The van der Waals surface area contributed by atoms with Crippen LogP contribution in [0.2, 0.25) is 0 Å². The van der Waals surface area contributed by atoms with E-state index in [0.717, 1.165) is 57.8 Å². The van der Waals surface area contributed by atoms with E-state index in [0.29, 0.717) is 12.8 Å². The Labute approximate surface area is 416 Å². The van der Waals surface area contributed by atoms with Crippen LogP contribution in [-0.2, 0) is 14.3 Å². The van der Waals surface area contributed by atoms with Gasteiger partial charge in [-0.05, 0) is 64.2 Å². The zero-order valence-corrected chi connectivity index (χ0v) is 43.9. The predicted molar refractivity (Wildman–Crippen MR) is 279 cm³/mol. The van der Waals surface area contributed by atoms with Crippen molar-refractivity contribution >= 4 is 5.91 Å². The summed E-state index contributed by atoms with van der Waals surface area (Å²) in [6.45, 7) is 3.47. The third-order valence-electron chi connectivity index (χ3n) is 14.0. The number of rotatable bonds is 49. The van der Waals surface area contributed by atoms with E-state index in [2.05, 4.69) is 43.5 Å². The number of nitrogens with one attached hydrogen (secondary N) is 1. The largest absolute Gasteiger partial charge is 0.394 e. The van der Waals surface area contributed by atoms with Crippen LogP contribution in [0.5, 0.6) is 0 Å². The van der Waals surface area contributed by atoms with Crippen LogP contribution in [-0.4, -0.2) is 110 Å². The van der Waals surface area contributed by atoms with E-state index >= 15 is 0 Å². The number of hydrogen-bond donors (Lipinski definition) is 8. The number of carbonyl (C=O) groups excluding carboxylic acids is 1. The Morgan fingerprint density at radius 3 is 1.26 bits per heavy atom. The molecule has 11 heteroatoms. The summed E-state index contributed by atoms with van der Waals surface area (Å²) in [4.78, 5) is 13.2. The number of amides is 1. The van der Waals surface area contributed by atoms with Gasteiger partial charge in [0.05, 0.1) is 25.4 Å². The molecule has 0 aromatic heterocycles. The predicted octanol–water partition coefficient (Wildman–Crippen LogP) is 11.7. The number of allylic oxidation sites excluding steroid dienone is 4. The molecule has 0 radical (unpaired) electrons. The summed E-state index contributed by atoms with van der Waals surface area (Å²) in [5.74, 6) is -0.708. The molecule has 1 rings (SSSR count). The zero-order valence-electron chi connectivity index (χ0n) is 43.9. The van der Waals surface area contributed by atoms with Crippen LogP contribution < -0.4 is 5.32 Å². The third kappa shape index (κ3) is 34.8. The topological polar surface area (TPSA) is 189 Å². The highest BCUT2D eigenvalue weighted by Gasteiger charge is 2.44. The first kappa shape index (κ1) is 64.6. The highest BCUT2D eigenvalue weighted by Crippen LogP contribution is 2.23. The summed E-state index contributed by atoms with van der Waals surface area (Å²) in [7, 11) is 0. The fourth-order valence-electron chi connectivity index (χ4n) is 9.26. The number of ether oxygens (including phenoxy) is 2. The minimum atomic E-state index is -1.67. The average molecular weight is 968 g/mol. The summed E-state index contributed by atoms with van der Waals surface area (Å²) in [6, 6.07) is -1.19. The lowest BCUT2D eigenvalue weighted by Crippen LogP contribution is -2.60. The Balaban J connectivity index is 2.35. The summed E-state index contributed by atoms with van der Waals surface area (Å²) < 4.78 is 11.1. The molecule has 0 aliphatic carbocycles. The molecular weight excluding hydrogens is 859 g/mol. The van der Waals surface area contributed by atoms with Crippen LogP contribution in [0.1, 0.15) is 264 Å². The highest BCUT2D eigenvalue weighted by molar-refractivity contribution is 5.80. The third-order valence-corrected chi connectivity index (χ3v) is 14.0. The van der Waals surface area contributed by atoms with Gasteiger partial charge in [-0.1, -0.05) is 224 Å². The van der Waals surface area contributed by atoms with E-state index in [4.69, 9.17) is 9.47 Å². The van der Waals surface area contributed by atoms with Crippen molar-refractivity contribution in [2.75, 3.05) is 13.2 Å².